The summed E-state index contributed by atoms with van der Waals surface area (Å²) in [4.78, 5) is 22.4. The summed E-state index contributed by atoms with van der Waals surface area (Å²) in [5.74, 6) is -1.22. The van der Waals surface area contributed by atoms with E-state index in [0.717, 1.165) is 25.7 Å². The maximum atomic E-state index is 11.6. The van der Waals surface area contributed by atoms with Gasteiger partial charge in [-0.25, -0.2) is 0 Å². The summed E-state index contributed by atoms with van der Waals surface area (Å²) in [6, 6.07) is 0. The fourth-order valence-electron chi connectivity index (χ4n) is 2.25. The van der Waals surface area contributed by atoms with Crippen molar-refractivity contribution in [1.29, 1.82) is 0 Å². The lowest BCUT2D eigenvalue weighted by Gasteiger charge is -2.22. The molecule has 0 aromatic carbocycles. The molecule has 0 aromatic heterocycles. The average molecular weight is 228 g/mol. The largest absolute Gasteiger partial charge is 0.481 e. The molecular weight excluding hydrogens is 208 g/mol. The van der Waals surface area contributed by atoms with E-state index in [0.29, 0.717) is 19.4 Å². The van der Waals surface area contributed by atoms with Gasteiger partial charge in [0.15, 0.2) is 0 Å². The SMILES string of the molecule is CCCCCCC1(CC(=O)O)CCOC1=O. The fourth-order valence-corrected chi connectivity index (χ4v) is 2.25. The van der Waals surface area contributed by atoms with Gasteiger partial charge in [0.05, 0.1) is 18.4 Å². The molecule has 1 N–H and O–H groups in total. The maximum absolute atomic E-state index is 11.6. The Bertz CT molecular complexity index is 262. The number of rotatable bonds is 7. The van der Waals surface area contributed by atoms with Gasteiger partial charge in [-0.3, -0.25) is 9.59 Å². The Balaban J connectivity index is 2.50. The van der Waals surface area contributed by atoms with Crippen molar-refractivity contribution in [3.63, 3.8) is 0 Å². The zero-order chi connectivity index (χ0) is 12.0. The van der Waals surface area contributed by atoms with Crippen molar-refractivity contribution in [2.24, 2.45) is 5.41 Å². The first-order valence-corrected chi connectivity index (χ1v) is 6.00. The molecule has 0 aliphatic carbocycles. The van der Waals surface area contributed by atoms with Crippen molar-refractivity contribution in [2.45, 2.75) is 51.9 Å². The second kappa shape index (κ2) is 5.87. The van der Waals surface area contributed by atoms with E-state index in [2.05, 4.69) is 6.92 Å². The molecule has 0 saturated carbocycles. The van der Waals surface area contributed by atoms with Crippen molar-refractivity contribution in [2.75, 3.05) is 6.61 Å². The van der Waals surface area contributed by atoms with Crippen molar-refractivity contribution in [3.05, 3.63) is 0 Å². The van der Waals surface area contributed by atoms with E-state index in [9.17, 15) is 9.59 Å². The number of carbonyl (C=O) groups is 2. The Morgan fingerprint density at radius 1 is 1.44 bits per heavy atom. The highest BCUT2D eigenvalue weighted by molar-refractivity contribution is 5.84. The molecule has 0 amide bonds. The van der Waals surface area contributed by atoms with Crippen molar-refractivity contribution in [1.82, 2.24) is 0 Å². The monoisotopic (exact) mass is 228 g/mol. The van der Waals surface area contributed by atoms with Gasteiger partial charge in [0.25, 0.3) is 0 Å². The third kappa shape index (κ3) is 3.22. The minimum absolute atomic E-state index is 0.0854. The van der Waals surface area contributed by atoms with Crippen molar-refractivity contribution in [3.8, 4) is 0 Å². The minimum Gasteiger partial charge on any atom is -0.481 e. The first-order chi connectivity index (χ1) is 7.60. The molecule has 1 aliphatic heterocycles. The second-order valence-electron chi connectivity index (χ2n) is 4.55. The van der Waals surface area contributed by atoms with Crippen molar-refractivity contribution >= 4 is 11.9 Å². The molecule has 0 aromatic rings. The van der Waals surface area contributed by atoms with Crippen LogP contribution in [0.25, 0.3) is 0 Å². The number of aliphatic carboxylic acids is 1. The number of esters is 1. The molecule has 1 rings (SSSR count). The Morgan fingerprint density at radius 2 is 2.19 bits per heavy atom. The standard InChI is InChI=1S/C12H20O4/c1-2-3-4-5-6-12(9-10(13)14)7-8-16-11(12)15/h2-9H2,1H3,(H,13,14). The minimum atomic E-state index is -0.908. The van der Waals surface area contributed by atoms with Crippen LogP contribution in [0.5, 0.6) is 0 Å². The molecule has 16 heavy (non-hydrogen) atoms. The summed E-state index contributed by atoms with van der Waals surface area (Å²) in [5, 5.41) is 8.85. The zero-order valence-electron chi connectivity index (χ0n) is 9.83. The smallest absolute Gasteiger partial charge is 0.312 e. The number of carbonyl (C=O) groups excluding carboxylic acids is 1. The quantitative estimate of drug-likeness (QED) is 0.536. The van der Waals surface area contributed by atoms with Gasteiger partial charge in [0.2, 0.25) is 0 Å². The Labute approximate surface area is 96.0 Å². The van der Waals surface area contributed by atoms with Crippen LogP contribution in [0.1, 0.15) is 51.9 Å². The number of carboxylic acid groups (broad SMARTS) is 1. The summed E-state index contributed by atoms with van der Waals surface area (Å²) in [6.45, 7) is 2.50. The summed E-state index contributed by atoms with van der Waals surface area (Å²) in [6.07, 6.45) is 5.37. The van der Waals surface area contributed by atoms with E-state index >= 15 is 0 Å². The van der Waals surface area contributed by atoms with Crippen LogP contribution in [0.2, 0.25) is 0 Å². The molecule has 1 atom stereocenters. The van der Waals surface area contributed by atoms with E-state index in [1.807, 2.05) is 0 Å². The fraction of sp³-hybridized carbons (Fsp3) is 0.833. The van der Waals surface area contributed by atoms with Gasteiger partial charge in [-0.05, 0) is 12.8 Å². The molecule has 1 saturated heterocycles. The van der Waals surface area contributed by atoms with Crippen LogP contribution in [0, 0.1) is 5.41 Å². The number of unbranched alkanes of at least 4 members (excludes halogenated alkanes) is 3. The Kier molecular flexibility index (Phi) is 4.77. The van der Waals surface area contributed by atoms with Gasteiger partial charge in [-0.2, -0.15) is 0 Å². The summed E-state index contributed by atoms with van der Waals surface area (Å²) in [5.41, 5.74) is -0.737. The number of hydrogen-bond acceptors (Lipinski definition) is 3. The zero-order valence-corrected chi connectivity index (χ0v) is 9.83. The van der Waals surface area contributed by atoms with Gasteiger partial charge < -0.3 is 9.84 Å². The highest BCUT2D eigenvalue weighted by Gasteiger charge is 2.45. The van der Waals surface area contributed by atoms with Gasteiger partial charge >= 0.3 is 11.9 Å². The lowest BCUT2D eigenvalue weighted by Crippen LogP contribution is -2.29. The number of cyclic esters (lactones) is 1. The molecule has 4 heteroatoms. The molecule has 92 valence electrons. The lowest BCUT2D eigenvalue weighted by molar-refractivity contribution is -0.152. The van der Waals surface area contributed by atoms with E-state index in [1.54, 1.807) is 0 Å². The van der Waals surface area contributed by atoms with Gasteiger partial charge in [0, 0.05) is 0 Å². The maximum Gasteiger partial charge on any atom is 0.312 e. The summed E-state index contributed by atoms with van der Waals surface area (Å²) in [7, 11) is 0. The molecule has 1 aliphatic rings. The average Bonchev–Trinajstić information content (AvgIpc) is 2.55. The van der Waals surface area contributed by atoms with E-state index in [4.69, 9.17) is 9.84 Å². The van der Waals surface area contributed by atoms with Crippen LogP contribution in [0.3, 0.4) is 0 Å². The predicted octanol–water partition coefficient (Wildman–Crippen LogP) is 2.36. The lowest BCUT2D eigenvalue weighted by atomic mass is 9.78. The van der Waals surface area contributed by atoms with Crippen LogP contribution >= 0.6 is 0 Å². The summed E-state index contributed by atoms with van der Waals surface area (Å²) >= 11 is 0. The van der Waals surface area contributed by atoms with E-state index < -0.39 is 11.4 Å². The molecule has 1 heterocycles. The van der Waals surface area contributed by atoms with Crippen LogP contribution in [0.4, 0.5) is 0 Å². The first-order valence-electron chi connectivity index (χ1n) is 6.00. The molecule has 1 fully saturated rings. The third-order valence-electron chi connectivity index (χ3n) is 3.25. The Morgan fingerprint density at radius 3 is 2.69 bits per heavy atom. The molecule has 4 nitrogen and oxygen atoms in total. The number of carboxylic acids is 1. The van der Waals surface area contributed by atoms with Gasteiger partial charge in [0.1, 0.15) is 0 Å². The third-order valence-corrected chi connectivity index (χ3v) is 3.25. The number of ether oxygens (including phenoxy) is 1. The molecule has 0 bridgehead atoms. The normalized spacial score (nSPS) is 24.4. The van der Waals surface area contributed by atoms with Crippen LogP contribution < -0.4 is 0 Å². The van der Waals surface area contributed by atoms with Crippen LogP contribution in [0.15, 0.2) is 0 Å². The van der Waals surface area contributed by atoms with E-state index in [1.165, 1.54) is 0 Å². The molecule has 1 unspecified atom stereocenters. The summed E-state index contributed by atoms with van der Waals surface area (Å²) < 4.78 is 4.92. The topological polar surface area (TPSA) is 63.6 Å². The van der Waals surface area contributed by atoms with Gasteiger partial charge in [-0.15, -0.1) is 0 Å². The highest BCUT2D eigenvalue weighted by atomic mass is 16.5. The van der Waals surface area contributed by atoms with Gasteiger partial charge in [-0.1, -0.05) is 32.6 Å². The molecular formula is C12H20O4. The van der Waals surface area contributed by atoms with Crippen LogP contribution in [-0.2, 0) is 14.3 Å². The van der Waals surface area contributed by atoms with E-state index in [-0.39, 0.29) is 12.4 Å². The predicted molar refractivity (Wildman–Crippen MR) is 59.0 cm³/mol. The molecule has 0 spiro atoms. The molecule has 0 radical (unpaired) electrons. The second-order valence-corrected chi connectivity index (χ2v) is 4.55. The number of hydrogen-bond donors (Lipinski definition) is 1. The van der Waals surface area contributed by atoms with Crippen LogP contribution in [-0.4, -0.2) is 23.7 Å². The highest BCUT2D eigenvalue weighted by Crippen LogP contribution is 2.39. The first kappa shape index (κ1) is 13.0. The van der Waals surface area contributed by atoms with Crippen molar-refractivity contribution < 1.29 is 19.4 Å². The Hall–Kier alpha value is -1.06.